The molecule has 1 atom stereocenters. The monoisotopic (exact) mass is 174 g/mol. The largest absolute Gasteiger partial charge is 0.367 e. The van der Waals surface area contributed by atoms with Gasteiger partial charge in [-0.05, 0) is 11.8 Å². The average molecular weight is 174 g/mol. The van der Waals surface area contributed by atoms with Crippen molar-refractivity contribution >= 4 is 0 Å². The normalized spacial score (nSPS) is 15.8. The molecule has 0 amide bonds. The third-order valence-corrected chi connectivity index (χ3v) is 3.24. The summed E-state index contributed by atoms with van der Waals surface area (Å²) in [6, 6.07) is 0. The van der Waals surface area contributed by atoms with Crippen molar-refractivity contribution in [3.63, 3.8) is 0 Å². The molecule has 12 heavy (non-hydrogen) atoms. The molecule has 1 unspecified atom stereocenters. The minimum absolute atomic E-state index is 0.158. The Morgan fingerprint density at radius 3 is 1.50 bits per heavy atom. The summed E-state index contributed by atoms with van der Waals surface area (Å²) in [6.07, 6.45) is -0.669. The van der Waals surface area contributed by atoms with Crippen molar-refractivity contribution in [2.75, 3.05) is 7.11 Å². The summed E-state index contributed by atoms with van der Waals surface area (Å²) < 4.78 is 4.99. The summed E-state index contributed by atoms with van der Waals surface area (Å²) in [5.74, 6) is 0.819. The third kappa shape index (κ3) is 1.99. The first-order valence-electron chi connectivity index (χ1n) is 4.58. The summed E-state index contributed by atoms with van der Waals surface area (Å²) in [5.41, 5.74) is -0.158. The predicted octanol–water partition coefficient (Wildman–Crippen LogP) is 2.27. The van der Waals surface area contributed by atoms with Gasteiger partial charge in [0, 0.05) is 12.5 Å². The summed E-state index contributed by atoms with van der Waals surface area (Å²) in [6.45, 7) is 10.5. The summed E-state index contributed by atoms with van der Waals surface area (Å²) in [5, 5.41) is 9.70. The van der Waals surface area contributed by atoms with Crippen LogP contribution < -0.4 is 0 Å². The molecule has 0 saturated carbocycles. The molecule has 2 heteroatoms. The molecule has 1 N–H and O–H groups in total. The van der Waals surface area contributed by atoms with Crippen molar-refractivity contribution in [2.24, 2.45) is 17.3 Å². The lowest BCUT2D eigenvalue weighted by atomic mass is 9.70. The molecule has 0 aliphatic rings. The molecule has 0 rings (SSSR count). The van der Waals surface area contributed by atoms with Crippen molar-refractivity contribution in [1.82, 2.24) is 0 Å². The zero-order valence-corrected chi connectivity index (χ0v) is 9.09. The van der Waals surface area contributed by atoms with E-state index in [0.717, 1.165) is 0 Å². The highest BCUT2D eigenvalue weighted by atomic mass is 16.6. The molecule has 0 aromatic heterocycles. The molecule has 0 aromatic carbocycles. The van der Waals surface area contributed by atoms with Gasteiger partial charge in [0.25, 0.3) is 0 Å². The highest BCUT2D eigenvalue weighted by Gasteiger charge is 2.39. The van der Waals surface area contributed by atoms with Gasteiger partial charge in [0.05, 0.1) is 0 Å². The Morgan fingerprint density at radius 1 is 1.08 bits per heavy atom. The van der Waals surface area contributed by atoms with Gasteiger partial charge in [-0.1, -0.05) is 34.6 Å². The van der Waals surface area contributed by atoms with E-state index in [-0.39, 0.29) is 5.41 Å². The smallest absolute Gasteiger partial charge is 0.159 e. The molecule has 0 aliphatic heterocycles. The van der Waals surface area contributed by atoms with Crippen LogP contribution in [0.4, 0.5) is 0 Å². The number of hydrogen-bond donors (Lipinski definition) is 1. The van der Waals surface area contributed by atoms with E-state index in [1.165, 1.54) is 0 Å². The molecular weight excluding hydrogens is 152 g/mol. The first-order valence-corrected chi connectivity index (χ1v) is 4.58. The van der Waals surface area contributed by atoms with E-state index < -0.39 is 6.29 Å². The second kappa shape index (κ2) is 4.24. The SMILES string of the molecule is COC(O)C(C)(C(C)C)C(C)C. The molecule has 0 radical (unpaired) electrons. The fourth-order valence-electron chi connectivity index (χ4n) is 1.49. The fraction of sp³-hybridized carbons (Fsp3) is 1.00. The third-order valence-electron chi connectivity index (χ3n) is 3.24. The highest BCUT2D eigenvalue weighted by Crippen LogP contribution is 2.38. The second-order valence-corrected chi connectivity index (χ2v) is 4.26. The summed E-state index contributed by atoms with van der Waals surface area (Å²) >= 11 is 0. The van der Waals surface area contributed by atoms with Crippen LogP contribution in [0.2, 0.25) is 0 Å². The Balaban J connectivity index is 4.61. The van der Waals surface area contributed by atoms with Crippen LogP contribution in [-0.2, 0) is 4.74 Å². The molecule has 2 nitrogen and oxygen atoms in total. The number of hydrogen-bond acceptors (Lipinski definition) is 2. The zero-order chi connectivity index (χ0) is 9.94. The van der Waals surface area contributed by atoms with Gasteiger partial charge in [0.1, 0.15) is 0 Å². The van der Waals surface area contributed by atoms with E-state index in [0.29, 0.717) is 11.8 Å². The maximum Gasteiger partial charge on any atom is 0.159 e. The van der Waals surface area contributed by atoms with Crippen LogP contribution in [0.1, 0.15) is 34.6 Å². The van der Waals surface area contributed by atoms with Gasteiger partial charge in [-0.25, -0.2) is 0 Å². The topological polar surface area (TPSA) is 29.5 Å². The maximum atomic E-state index is 9.70. The molecule has 0 heterocycles. The molecule has 0 spiro atoms. The predicted molar refractivity (Wildman–Crippen MR) is 50.8 cm³/mol. The van der Waals surface area contributed by atoms with Gasteiger partial charge in [-0.3, -0.25) is 0 Å². The number of ether oxygens (including phenoxy) is 1. The average Bonchev–Trinajstić information content (AvgIpc) is 2.00. The van der Waals surface area contributed by atoms with E-state index in [9.17, 15) is 5.11 Å². The quantitative estimate of drug-likeness (QED) is 0.662. The zero-order valence-electron chi connectivity index (χ0n) is 9.09. The van der Waals surface area contributed by atoms with Crippen molar-refractivity contribution in [1.29, 1.82) is 0 Å². The van der Waals surface area contributed by atoms with Crippen LogP contribution in [0, 0.1) is 17.3 Å². The maximum absolute atomic E-state index is 9.70. The van der Waals surface area contributed by atoms with E-state index in [2.05, 4.69) is 34.6 Å². The standard InChI is InChI=1S/C10H22O2/c1-7(2)10(5,8(3)4)9(11)12-6/h7-9,11H,1-6H3. The Kier molecular flexibility index (Phi) is 4.21. The van der Waals surface area contributed by atoms with Gasteiger partial charge in [-0.15, -0.1) is 0 Å². The van der Waals surface area contributed by atoms with Crippen LogP contribution in [0.3, 0.4) is 0 Å². The van der Waals surface area contributed by atoms with Crippen LogP contribution in [0.25, 0.3) is 0 Å². The van der Waals surface area contributed by atoms with E-state index >= 15 is 0 Å². The summed E-state index contributed by atoms with van der Waals surface area (Å²) in [7, 11) is 1.55. The molecule has 0 bridgehead atoms. The lowest BCUT2D eigenvalue weighted by Crippen LogP contribution is -2.42. The van der Waals surface area contributed by atoms with Crippen LogP contribution in [0.15, 0.2) is 0 Å². The Labute approximate surface area is 75.9 Å². The minimum atomic E-state index is -0.669. The van der Waals surface area contributed by atoms with Gasteiger partial charge in [-0.2, -0.15) is 0 Å². The Hall–Kier alpha value is -0.0800. The Bertz CT molecular complexity index is 122. The van der Waals surface area contributed by atoms with Crippen molar-refractivity contribution in [3.8, 4) is 0 Å². The lowest BCUT2D eigenvalue weighted by molar-refractivity contribution is -0.184. The minimum Gasteiger partial charge on any atom is -0.367 e. The van der Waals surface area contributed by atoms with Crippen molar-refractivity contribution in [2.45, 2.75) is 40.9 Å². The fourth-order valence-corrected chi connectivity index (χ4v) is 1.49. The van der Waals surface area contributed by atoms with E-state index in [1.807, 2.05) is 0 Å². The molecule has 0 aromatic rings. The van der Waals surface area contributed by atoms with Crippen LogP contribution in [-0.4, -0.2) is 18.5 Å². The first kappa shape index (κ1) is 11.9. The number of aliphatic hydroxyl groups is 1. The number of rotatable bonds is 4. The number of methoxy groups -OCH3 is 1. The van der Waals surface area contributed by atoms with Gasteiger partial charge in [0.2, 0.25) is 0 Å². The van der Waals surface area contributed by atoms with E-state index in [4.69, 9.17) is 4.74 Å². The molecular formula is C10H22O2. The second-order valence-electron chi connectivity index (χ2n) is 4.26. The number of aliphatic hydroxyl groups excluding tert-OH is 1. The van der Waals surface area contributed by atoms with Crippen molar-refractivity contribution in [3.05, 3.63) is 0 Å². The van der Waals surface area contributed by atoms with Gasteiger partial charge >= 0.3 is 0 Å². The van der Waals surface area contributed by atoms with Crippen LogP contribution >= 0.6 is 0 Å². The Morgan fingerprint density at radius 2 is 1.42 bits per heavy atom. The van der Waals surface area contributed by atoms with Gasteiger partial charge in [0.15, 0.2) is 6.29 Å². The first-order chi connectivity index (χ1) is 5.37. The molecule has 74 valence electrons. The lowest BCUT2D eigenvalue weighted by Gasteiger charge is -2.40. The van der Waals surface area contributed by atoms with Crippen molar-refractivity contribution < 1.29 is 9.84 Å². The van der Waals surface area contributed by atoms with Crippen LogP contribution in [0.5, 0.6) is 0 Å². The highest BCUT2D eigenvalue weighted by molar-refractivity contribution is 4.83. The summed E-state index contributed by atoms with van der Waals surface area (Å²) in [4.78, 5) is 0. The van der Waals surface area contributed by atoms with E-state index in [1.54, 1.807) is 7.11 Å². The molecule has 0 saturated heterocycles. The molecule has 0 aliphatic carbocycles. The molecule has 0 fully saturated rings. The van der Waals surface area contributed by atoms with Gasteiger partial charge < -0.3 is 9.84 Å².